The normalized spacial score (nSPS) is 21.2. The molecule has 2 aliphatic rings. The van der Waals surface area contributed by atoms with E-state index in [9.17, 15) is 14.4 Å². The Labute approximate surface area is 195 Å². The van der Waals surface area contributed by atoms with Crippen LogP contribution in [0, 0.1) is 0 Å². The molecule has 12 heteroatoms. The number of thioether (sulfide) groups is 2. The number of ether oxygens (including phenoxy) is 2. The number of hydrogen-bond acceptors (Lipinski definition) is 11. The molecule has 0 radical (unpaired) electrons. The van der Waals surface area contributed by atoms with Gasteiger partial charge in [0.15, 0.2) is 0 Å². The van der Waals surface area contributed by atoms with Gasteiger partial charge < -0.3 is 19.6 Å². The lowest BCUT2D eigenvalue weighted by Gasteiger charge is -2.48. The molecule has 3 rings (SSSR count). The molecule has 0 saturated carbocycles. The third-order valence-electron chi connectivity index (χ3n) is 4.21. The standard InChI is InChI=1S/C20H28N4O6S2/c1-19(2,3)29-12(25)7-11-22-23-18(28-11)32-9-10-8-31-16-13(21)15(26)24(16)14(10)17(27)30-20(4,5)6/h13,16H,7-9,21H2,1-6H3/t13?,16-/m0/s1. The molecular formula is C20H28N4O6S2. The van der Waals surface area contributed by atoms with Crippen molar-refractivity contribution in [3.63, 3.8) is 0 Å². The van der Waals surface area contributed by atoms with E-state index in [0.717, 1.165) is 5.57 Å². The Morgan fingerprint density at radius 1 is 1.19 bits per heavy atom. The molecule has 0 aliphatic carbocycles. The molecule has 1 fully saturated rings. The van der Waals surface area contributed by atoms with Crippen LogP contribution in [0.25, 0.3) is 0 Å². The highest BCUT2D eigenvalue weighted by Crippen LogP contribution is 2.41. The molecule has 10 nitrogen and oxygen atoms in total. The number of β-lactam (4-membered cyclic amide) rings is 1. The van der Waals surface area contributed by atoms with E-state index in [-0.39, 0.29) is 34.5 Å². The first-order valence-corrected chi connectivity index (χ1v) is 12.1. The van der Waals surface area contributed by atoms with Crippen LogP contribution in [0.1, 0.15) is 47.4 Å². The predicted octanol–water partition coefficient (Wildman–Crippen LogP) is 1.88. The molecule has 2 aliphatic heterocycles. The summed E-state index contributed by atoms with van der Waals surface area (Å²) in [5.74, 6) is -0.331. The lowest BCUT2D eigenvalue weighted by atomic mass is 10.0. The van der Waals surface area contributed by atoms with Crippen molar-refractivity contribution in [1.82, 2.24) is 15.1 Å². The summed E-state index contributed by atoms with van der Waals surface area (Å²) in [4.78, 5) is 38.6. The Kier molecular flexibility index (Phi) is 6.97. The predicted molar refractivity (Wildman–Crippen MR) is 119 cm³/mol. The first kappa shape index (κ1) is 24.6. The summed E-state index contributed by atoms with van der Waals surface area (Å²) in [6, 6.07) is -0.627. The van der Waals surface area contributed by atoms with Crippen molar-refractivity contribution in [3.8, 4) is 0 Å². The number of fused-ring (bicyclic) bond motifs is 1. The zero-order valence-electron chi connectivity index (χ0n) is 19.0. The van der Waals surface area contributed by atoms with Gasteiger partial charge in [0.2, 0.25) is 11.8 Å². The van der Waals surface area contributed by atoms with E-state index in [1.165, 1.54) is 28.4 Å². The minimum atomic E-state index is -0.707. The molecule has 1 amide bonds. The van der Waals surface area contributed by atoms with Crippen molar-refractivity contribution < 1.29 is 28.3 Å². The summed E-state index contributed by atoms with van der Waals surface area (Å²) < 4.78 is 16.3. The molecule has 0 aromatic carbocycles. The van der Waals surface area contributed by atoms with Crippen LogP contribution >= 0.6 is 23.5 Å². The van der Waals surface area contributed by atoms with Crippen LogP contribution in [0.5, 0.6) is 0 Å². The van der Waals surface area contributed by atoms with Crippen molar-refractivity contribution in [3.05, 3.63) is 17.2 Å². The first-order chi connectivity index (χ1) is 14.7. The Hall–Kier alpha value is -2.05. The SMILES string of the molecule is CC(C)(C)OC(=O)Cc1nnc(SCC2=C(C(=O)OC(C)(C)C)N3C(=O)C(N)[C@@H]3SC2)o1. The van der Waals surface area contributed by atoms with Gasteiger partial charge >= 0.3 is 11.9 Å². The minimum absolute atomic E-state index is 0.131. The van der Waals surface area contributed by atoms with Gasteiger partial charge in [-0.2, -0.15) is 0 Å². The van der Waals surface area contributed by atoms with Crippen molar-refractivity contribution in [2.24, 2.45) is 5.73 Å². The van der Waals surface area contributed by atoms with E-state index in [4.69, 9.17) is 19.6 Å². The third kappa shape index (κ3) is 5.84. The molecule has 0 bridgehead atoms. The number of carbonyl (C=O) groups excluding carboxylic acids is 3. The molecule has 1 unspecified atom stereocenters. The van der Waals surface area contributed by atoms with E-state index >= 15 is 0 Å². The summed E-state index contributed by atoms with van der Waals surface area (Å²) in [5.41, 5.74) is 5.54. The summed E-state index contributed by atoms with van der Waals surface area (Å²) in [5, 5.41) is 7.80. The van der Waals surface area contributed by atoms with Crippen LogP contribution < -0.4 is 5.73 Å². The zero-order valence-corrected chi connectivity index (χ0v) is 20.6. The van der Waals surface area contributed by atoms with E-state index in [1.54, 1.807) is 41.5 Å². The van der Waals surface area contributed by atoms with E-state index < -0.39 is 29.2 Å². The molecule has 2 atom stereocenters. The molecule has 2 N–H and O–H groups in total. The van der Waals surface area contributed by atoms with E-state index in [0.29, 0.717) is 11.5 Å². The van der Waals surface area contributed by atoms with Crippen LogP contribution in [-0.4, -0.2) is 67.1 Å². The number of amides is 1. The van der Waals surface area contributed by atoms with Crippen molar-refractivity contribution in [2.45, 2.75) is 75.8 Å². The van der Waals surface area contributed by atoms with Crippen molar-refractivity contribution >= 4 is 41.4 Å². The molecule has 3 heterocycles. The van der Waals surface area contributed by atoms with Crippen LogP contribution in [-0.2, 0) is 30.3 Å². The summed E-state index contributed by atoms with van der Waals surface area (Å²) in [7, 11) is 0. The maximum absolute atomic E-state index is 12.9. The quantitative estimate of drug-likeness (QED) is 0.360. The fourth-order valence-corrected chi connectivity index (χ4v) is 5.24. The largest absolute Gasteiger partial charge is 0.460 e. The van der Waals surface area contributed by atoms with Gasteiger partial charge in [0.1, 0.15) is 34.7 Å². The highest BCUT2D eigenvalue weighted by atomic mass is 32.2. The fourth-order valence-electron chi connectivity index (χ4n) is 3.02. The number of nitrogens with two attached hydrogens (primary N) is 1. The van der Waals surface area contributed by atoms with E-state index in [1.807, 2.05) is 0 Å². The smallest absolute Gasteiger partial charge is 0.355 e. The van der Waals surface area contributed by atoms with Gasteiger partial charge in [-0.05, 0) is 47.1 Å². The maximum atomic E-state index is 12.9. The number of rotatable bonds is 6. The Morgan fingerprint density at radius 3 is 2.47 bits per heavy atom. The summed E-state index contributed by atoms with van der Waals surface area (Å²) in [6.07, 6.45) is -0.131. The fraction of sp³-hybridized carbons (Fsp3) is 0.650. The molecule has 1 saturated heterocycles. The molecule has 32 heavy (non-hydrogen) atoms. The summed E-state index contributed by atoms with van der Waals surface area (Å²) in [6.45, 7) is 10.6. The van der Waals surface area contributed by atoms with Gasteiger partial charge in [0.25, 0.3) is 5.22 Å². The van der Waals surface area contributed by atoms with Gasteiger partial charge in [0, 0.05) is 11.5 Å². The lowest BCUT2D eigenvalue weighted by molar-refractivity contribution is -0.158. The molecule has 1 aromatic heterocycles. The third-order valence-corrected chi connectivity index (χ3v) is 6.48. The molecular weight excluding hydrogens is 456 g/mol. The number of carbonyl (C=O) groups is 3. The lowest BCUT2D eigenvalue weighted by Crippen LogP contribution is -2.68. The molecule has 0 spiro atoms. The average molecular weight is 485 g/mol. The van der Waals surface area contributed by atoms with Crippen LogP contribution in [0.3, 0.4) is 0 Å². The van der Waals surface area contributed by atoms with Crippen LogP contribution in [0.4, 0.5) is 0 Å². The number of esters is 2. The number of nitrogens with zero attached hydrogens (tertiary/aromatic N) is 3. The zero-order chi connectivity index (χ0) is 23.8. The topological polar surface area (TPSA) is 138 Å². The Balaban J connectivity index is 1.72. The second-order valence-corrected chi connectivity index (χ2v) is 11.4. The maximum Gasteiger partial charge on any atom is 0.355 e. The van der Waals surface area contributed by atoms with Gasteiger partial charge in [-0.1, -0.05) is 11.8 Å². The first-order valence-electron chi connectivity index (χ1n) is 10.1. The van der Waals surface area contributed by atoms with Crippen molar-refractivity contribution in [1.29, 1.82) is 0 Å². The second kappa shape index (κ2) is 9.06. The number of hydrogen-bond donors (Lipinski definition) is 1. The van der Waals surface area contributed by atoms with Crippen LogP contribution in [0.15, 0.2) is 20.9 Å². The monoisotopic (exact) mass is 484 g/mol. The average Bonchev–Trinajstić information content (AvgIpc) is 3.09. The van der Waals surface area contributed by atoms with Gasteiger partial charge in [-0.25, -0.2) is 4.79 Å². The highest BCUT2D eigenvalue weighted by molar-refractivity contribution is 8.01. The minimum Gasteiger partial charge on any atom is -0.460 e. The Bertz CT molecular complexity index is 947. The van der Waals surface area contributed by atoms with Crippen LogP contribution in [0.2, 0.25) is 0 Å². The van der Waals surface area contributed by atoms with Crippen molar-refractivity contribution in [2.75, 3.05) is 11.5 Å². The van der Waals surface area contributed by atoms with Gasteiger partial charge in [-0.15, -0.1) is 22.0 Å². The summed E-state index contributed by atoms with van der Waals surface area (Å²) >= 11 is 2.72. The molecule has 176 valence electrons. The van der Waals surface area contributed by atoms with E-state index in [2.05, 4.69) is 10.2 Å². The number of aromatic nitrogens is 2. The Morgan fingerprint density at radius 2 is 1.84 bits per heavy atom. The second-order valence-electron chi connectivity index (χ2n) is 9.40. The highest BCUT2D eigenvalue weighted by Gasteiger charge is 2.52. The van der Waals surface area contributed by atoms with Gasteiger partial charge in [-0.3, -0.25) is 14.5 Å². The molecule has 1 aromatic rings. The van der Waals surface area contributed by atoms with Gasteiger partial charge in [0.05, 0.1) is 0 Å².